The molecule has 0 aliphatic carbocycles. The summed E-state index contributed by atoms with van der Waals surface area (Å²) in [5.41, 5.74) is 1.05. The first-order valence-electron chi connectivity index (χ1n) is 8.28. The van der Waals surface area contributed by atoms with Gasteiger partial charge in [-0.2, -0.15) is 0 Å². The molecule has 0 spiro atoms. The van der Waals surface area contributed by atoms with Crippen molar-refractivity contribution in [2.24, 2.45) is 0 Å². The molecule has 2 aliphatic rings. The van der Waals surface area contributed by atoms with Crippen molar-refractivity contribution >= 4 is 28.4 Å². The van der Waals surface area contributed by atoms with Gasteiger partial charge in [-0.1, -0.05) is 6.07 Å². The van der Waals surface area contributed by atoms with E-state index >= 15 is 0 Å². The van der Waals surface area contributed by atoms with E-state index in [4.69, 9.17) is 4.74 Å². The molecule has 0 bridgehead atoms. The fraction of sp³-hybridized carbons (Fsp3) is 0.529. The lowest BCUT2D eigenvalue weighted by Gasteiger charge is -2.29. The van der Waals surface area contributed by atoms with Crippen molar-refractivity contribution < 1.29 is 22.9 Å². The maximum absolute atomic E-state index is 14.5. The fourth-order valence-corrected chi connectivity index (χ4v) is 4.24. The van der Waals surface area contributed by atoms with E-state index in [2.05, 4.69) is 5.32 Å². The molecular formula is C17H21FN2O4S. The average Bonchev–Trinajstić information content (AvgIpc) is 2.95. The first-order chi connectivity index (χ1) is 11.9. The number of benzene rings is 1. The molecular weight excluding hydrogens is 347 g/mol. The van der Waals surface area contributed by atoms with Crippen molar-refractivity contribution in [2.75, 3.05) is 36.0 Å². The van der Waals surface area contributed by atoms with Gasteiger partial charge in [0.25, 0.3) is 0 Å². The van der Waals surface area contributed by atoms with E-state index in [1.165, 1.54) is 13.0 Å². The lowest BCUT2D eigenvalue weighted by molar-refractivity contribution is -0.142. The second kappa shape index (κ2) is 7.51. The first-order valence-corrected chi connectivity index (χ1v) is 9.77. The number of carbonyl (C=O) groups is 2. The zero-order valence-corrected chi connectivity index (χ0v) is 14.8. The van der Waals surface area contributed by atoms with Crippen LogP contribution in [0.25, 0.3) is 0 Å². The van der Waals surface area contributed by atoms with Gasteiger partial charge < -0.3 is 15.0 Å². The Morgan fingerprint density at radius 2 is 2.12 bits per heavy atom. The van der Waals surface area contributed by atoms with Crippen LogP contribution >= 0.6 is 0 Å². The Morgan fingerprint density at radius 3 is 2.76 bits per heavy atom. The Balaban J connectivity index is 1.69. The highest BCUT2D eigenvalue weighted by atomic mass is 32.2. The highest BCUT2D eigenvalue weighted by Gasteiger charge is 2.36. The summed E-state index contributed by atoms with van der Waals surface area (Å²) >= 11 is 0. The lowest BCUT2D eigenvalue weighted by atomic mass is 9.95. The van der Waals surface area contributed by atoms with Crippen molar-refractivity contribution in [1.82, 2.24) is 5.32 Å². The number of nitrogens with one attached hydrogen (secondary N) is 1. The lowest BCUT2D eigenvalue weighted by Crippen LogP contribution is -2.38. The molecule has 0 saturated carbocycles. The van der Waals surface area contributed by atoms with Crippen LogP contribution in [0.4, 0.5) is 10.1 Å². The van der Waals surface area contributed by atoms with Gasteiger partial charge in [0, 0.05) is 48.7 Å². The molecule has 2 atom stereocenters. The van der Waals surface area contributed by atoms with Crippen molar-refractivity contribution in [1.29, 1.82) is 0 Å². The summed E-state index contributed by atoms with van der Waals surface area (Å²) in [6.45, 7) is 2.79. The Bertz CT molecular complexity index is 702. The molecule has 6 nitrogen and oxygen atoms in total. The van der Waals surface area contributed by atoms with Crippen LogP contribution in [-0.2, 0) is 25.1 Å². The Hall–Kier alpha value is -1.96. The number of esters is 1. The van der Waals surface area contributed by atoms with Gasteiger partial charge in [-0.25, -0.2) is 4.39 Å². The van der Waals surface area contributed by atoms with Crippen LogP contribution in [0.1, 0.15) is 24.8 Å². The van der Waals surface area contributed by atoms with Crippen LogP contribution < -0.4 is 10.2 Å². The van der Waals surface area contributed by atoms with E-state index < -0.39 is 22.7 Å². The number of anilines is 1. The summed E-state index contributed by atoms with van der Waals surface area (Å²) < 4.78 is 31.2. The molecule has 1 amide bonds. The van der Waals surface area contributed by atoms with Gasteiger partial charge in [-0.05, 0) is 17.7 Å². The third kappa shape index (κ3) is 4.18. The highest BCUT2D eigenvalue weighted by Crippen LogP contribution is 2.33. The smallest absolute Gasteiger partial charge is 0.313 e. The molecule has 1 aromatic rings. The zero-order valence-electron chi connectivity index (χ0n) is 14.0. The number of hydrogen-bond donors (Lipinski definition) is 1. The number of nitrogens with zero attached hydrogens (tertiary/aromatic N) is 1. The van der Waals surface area contributed by atoms with E-state index in [1.54, 1.807) is 12.1 Å². The normalized spacial score (nSPS) is 24.2. The molecule has 2 fully saturated rings. The zero-order chi connectivity index (χ0) is 18.0. The van der Waals surface area contributed by atoms with Gasteiger partial charge in [-0.15, -0.1) is 0 Å². The van der Waals surface area contributed by atoms with Crippen LogP contribution in [0.3, 0.4) is 0 Å². The van der Waals surface area contributed by atoms with Crippen molar-refractivity contribution in [3.05, 3.63) is 29.6 Å². The van der Waals surface area contributed by atoms with Crippen LogP contribution in [0.15, 0.2) is 18.2 Å². The summed E-state index contributed by atoms with van der Waals surface area (Å²) in [5, 5.41) is 2.63. The summed E-state index contributed by atoms with van der Waals surface area (Å²) in [5.74, 6) is -0.394. The van der Waals surface area contributed by atoms with Crippen molar-refractivity contribution in [3.63, 3.8) is 0 Å². The van der Waals surface area contributed by atoms with E-state index in [-0.39, 0.29) is 24.4 Å². The number of cyclic esters (lactones) is 1. The number of hydrogen-bond acceptors (Lipinski definition) is 5. The molecule has 0 radical (unpaired) electrons. The van der Waals surface area contributed by atoms with Gasteiger partial charge in [-0.3, -0.25) is 13.8 Å². The Labute approximate surface area is 148 Å². The largest absolute Gasteiger partial charge is 0.460 e. The molecule has 0 aromatic heterocycles. The van der Waals surface area contributed by atoms with Crippen molar-refractivity contribution in [3.8, 4) is 0 Å². The molecule has 8 heteroatoms. The van der Waals surface area contributed by atoms with Crippen LogP contribution in [0, 0.1) is 5.82 Å². The van der Waals surface area contributed by atoms with Gasteiger partial charge in [0.2, 0.25) is 5.91 Å². The number of halogens is 1. The second-order valence-electron chi connectivity index (χ2n) is 6.33. The molecule has 3 rings (SSSR count). The minimum absolute atomic E-state index is 0.183. The van der Waals surface area contributed by atoms with E-state index in [1.807, 2.05) is 4.90 Å². The maximum atomic E-state index is 14.5. The highest BCUT2D eigenvalue weighted by molar-refractivity contribution is 7.85. The van der Waals surface area contributed by atoms with E-state index in [0.29, 0.717) is 42.3 Å². The Kier molecular flexibility index (Phi) is 5.36. The molecule has 1 unspecified atom stereocenters. The predicted octanol–water partition coefficient (Wildman–Crippen LogP) is 0.930. The standard InChI is InChI=1S/C17H21FN2O4S/c1-11(21)19-10-13-9-14(17(22)24-13)12-2-3-16(15(18)8-12)20-4-6-25(23)7-5-20/h2-3,8,13-14H,4-7,9-10H2,1H3,(H,19,21)/t13?,14-/m1/s1. The van der Waals surface area contributed by atoms with Crippen LogP contribution in [-0.4, -0.2) is 53.3 Å². The van der Waals surface area contributed by atoms with Crippen molar-refractivity contribution in [2.45, 2.75) is 25.4 Å². The van der Waals surface area contributed by atoms with E-state index in [0.717, 1.165) is 0 Å². The van der Waals surface area contributed by atoms with Gasteiger partial charge in [0.05, 0.1) is 18.2 Å². The average molecular weight is 368 g/mol. The molecule has 1 N–H and O–H groups in total. The first kappa shape index (κ1) is 17.8. The Morgan fingerprint density at radius 1 is 1.40 bits per heavy atom. The van der Waals surface area contributed by atoms with Gasteiger partial charge >= 0.3 is 5.97 Å². The molecule has 25 heavy (non-hydrogen) atoms. The second-order valence-corrected chi connectivity index (χ2v) is 8.03. The van der Waals surface area contributed by atoms with Gasteiger partial charge in [0.15, 0.2) is 0 Å². The third-order valence-electron chi connectivity index (χ3n) is 4.54. The van der Waals surface area contributed by atoms with E-state index in [9.17, 15) is 18.2 Å². The number of ether oxygens (including phenoxy) is 1. The summed E-state index contributed by atoms with van der Waals surface area (Å²) in [7, 11) is -0.817. The summed E-state index contributed by atoms with van der Waals surface area (Å²) in [4.78, 5) is 24.9. The number of amides is 1. The third-order valence-corrected chi connectivity index (χ3v) is 5.81. The molecule has 136 valence electrons. The molecule has 2 heterocycles. The number of carbonyl (C=O) groups excluding carboxylic acids is 2. The predicted molar refractivity (Wildman–Crippen MR) is 92.4 cm³/mol. The fourth-order valence-electron chi connectivity index (χ4n) is 3.18. The van der Waals surface area contributed by atoms with Gasteiger partial charge in [0.1, 0.15) is 11.9 Å². The minimum atomic E-state index is -0.817. The summed E-state index contributed by atoms with van der Waals surface area (Å²) in [6, 6.07) is 4.80. The maximum Gasteiger partial charge on any atom is 0.313 e. The number of rotatable bonds is 4. The monoisotopic (exact) mass is 368 g/mol. The molecule has 1 aromatic carbocycles. The topological polar surface area (TPSA) is 75.7 Å². The quantitative estimate of drug-likeness (QED) is 0.801. The SMILES string of the molecule is CC(=O)NCC1C[C@H](c2ccc(N3CCS(=O)CC3)c(F)c2)C(=O)O1. The molecule has 2 saturated heterocycles. The summed E-state index contributed by atoms with van der Waals surface area (Å²) in [6.07, 6.45) is 0.0295. The van der Waals surface area contributed by atoms with Crippen LogP contribution in [0.5, 0.6) is 0 Å². The molecule has 2 aliphatic heterocycles. The minimum Gasteiger partial charge on any atom is -0.460 e. The van der Waals surface area contributed by atoms with Crippen LogP contribution in [0.2, 0.25) is 0 Å².